The fourth-order valence-electron chi connectivity index (χ4n) is 1.60. The minimum absolute atomic E-state index is 0.261. The van der Waals surface area contributed by atoms with Gasteiger partial charge in [-0.3, -0.25) is 9.78 Å². The molecule has 2 N–H and O–H groups in total. The molecule has 1 heterocycles. The molecular weight excluding hydrogens is 232 g/mol. The Balaban J connectivity index is 2.76. The van der Waals surface area contributed by atoms with Crippen molar-refractivity contribution in [1.29, 1.82) is 0 Å². The maximum atomic E-state index is 11.9. The van der Waals surface area contributed by atoms with Crippen LogP contribution in [0.25, 0.3) is 0 Å². The number of carboxylic acid groups (broad SMARTS) is 1. The highest BCUT2D eigenvalue weighted by molar-refractivity contribution is 5.95. The summed E-state index contributed by atoms with van der Waals surface area (Å²) in [5.74, 6) is -1.46. The molecule has 0 saturated heterocycles. The van der Waals surface area contributed by atoms with Crippen LogP contribution in [0.1, 0.15) is 42.7 Å². The van der Waals surface area contributed by atoms with Crippen LogP contribution in [0.4, 0.5) is 0 Å². The lowest BCUT2D eigenvalue weighted by Gasteiger charge is -2.13. The molecule has 0 saturated carbocycles. The van der Waals surface area contributed by atoms with E-state index in [2.05, 4.69) is 10.3 Å². The zero-order valence-electron chi connectivity index (χ0n) is 10.6. The predicted octanol–water partition coefficient (Wildman–Crippen LogP) is 1.63. The highest BCUT2D eigenvalue weighted by Crippen LogP contribution is 2.04. The van der Waals surface area contributed by atoms with E-state index in [0.717, 1.165) is 12.0 Å². The van der Waals surface area contributed by atoms with Crippen molar-refractivity contribution in [2.24, 2.45) is 0 Å². The third-order valence-corrected chi connectivity index (χ3v) is 2.65. The highest BCUT2D eigenvalue weighted by atomic mass is 16.4. The average molecular weight is 250 g/mol. The zero-order valence-corrected chi connectivity index (χ0v) is 10.6. The summed E-state index contributed by atoms with van der Waals surface area (Å²) < 4.78 is 0. The highest BCUT2D eigenvalue weighted by Gasteiger charge is 2.20. The number of aliphatic carboxylic acids is 1. The molecule has 1 rings (SSSR count). The van der Waals surface area contributed by atoms with Crippen LogP contribution in [0.15, 0.2) is 18.3 Å². The number of carbonyl (C=O) groups excluding carboxylic acids is 1. The van der Waals surface area contributed by atoms with Crippen LogP contribution in [0, 0.1) is 0 Å². The Morgan fingerprint density at radius 3 is 2.72 bits per heavy atom. The second kappa shape index (κ2) is 6.74. The van der Waals surface area contributed by atoms with Gasteiger partial charge in [0, 0.05) is 6.20 Å². The number of aromatic nitrogens is 1. The van der Waals surface area contributed by atoms with Gasteiger partial charge in [0.1, 0.15) is 11.7 Å². The van der Waals surface area contributed by atoms with Crippen molar-refractivity contribution in [2.75, 3.05) is 0 Å². The van der Waals surface area contributed by atoms with Gasteiger partial charge in [0.25, 0.3) is 5.91 Å². The number of carbonyl (C=O) groups is 2. The van der Waals surface area contributed by atoms with Crippen LogP contribution >= 0.6 is 0 Å². The van der Waals surface area contributed by atoms with E-state index in [0.29, 0.717) is 12.8 Å². The quantitative estimate of drug-likeness (QED) is 0.804. The number of hydrogen-bond acceptors (Lipinski definition) is 3. The fraction of sp³-hybridized carbons (Fsp3) is 0.462. The molecule has 0 fully saturated rings. The zero-order chi connectivity index (χ0) is 13.5. The summed E-state index contributed by atoms with van der Waals surface area (Å²) >= 11 is 0. The van der Waals surface area contributed by atoms with E-state index >= 15 is 0 Å². The Labute approximate surface area is 106 Å². The molecule has 0 radical (unpaired) electrons. The van der Waals surface area contributed by atoms with Gasteiger partial charge >= 0.3 is 5.97 Å². The molecule has 0 spiro atoms. The standard InChI is InChI=1S/C13H18N2O3/c1-3-5-10(13(17)18)15-12(16)11-8-9(4-2)6-7-14-11/h6-8,10H,3-5H2,1-2H3,(H,15,16)(H,17,18). The Bertz CT molecular complexity index is 432. The first kappa shape index (κ1) is 14.2. The fourth-order valence-corrected chi connectivity index (χ4v) is 1.60. The molecule has 0 aliphatic heterocycles. The minimum atomic E-state index is -1.02. The van der Waals surface area contributed by atoms with Gasteiger partial charge in [-0.25, -0.2) is 4.79 Å². The van der Waals surface area contributed by atoms with Crippen molar-refractivity contribution < 1.29 is 14.7 Å². The molecule has 1 aromatic rings. The molecule has 18 heavy (non-hydrogen) atoms. The molecule has 1 aromatic heterocycles. The van der Waals surface area contributed by atoms with Gasteiger partial charge in [-0.15, -0.1) is 0 Å². The molecule has 5 heteroatoms. The van der Waals surface area contributed by atoms with Gasteiger partial charge in [-0.1, -0.05) is 20.3 Å². The second-order valence-corrected chi connectivity index (χ2v) is 4.06. The number of carboxylic acids is 1. The Morgan fingerprint density at radius 2 is 2.17 bits per heavy atom. The molecule has 1 unspecified atom stereocenters. The lowest BCUT2D eigenvalue weighted by atomic mass is 10.1. The van der Waals surface area contributed by atoms with Crippen LogP contribution in [0.3, 0.4) is 0 Å². The van der Waals surface area contributed by atoms with Gasteiger partial charge in [0.15, 0.2) is 0 Å². The Kier molecular flexibility index (Phi) is 5.30. The molecule has 0 bridgehead atoms. The van der Waals surface area contributed by atoms with Crippen LogP contribution in [0.5, 0.6) is 0 Å². The molecule has 98 valence electrons. The van der Waals surface area contributed by atoms with Gasteiger partial charge < -0.3 is 10.4 Å². The Morgan fingerprint density at radius 1 is 1.44 bits per heavy atom. The van der Waals surface area contributed by atoms with Crippen LogP contribution in [-0.2, 0) is 11.2 Å². The number of nitrogens with one attached hydrogen (secondary N) is 1. The summed E-state index contributed by atoms with van der Waals surface area (Å²) in [5, 5.41) is 11.4. The van der Waals surface area contributed by atoms with Crippen LogP contribution in [0.2, 0.25) is 0 Å². The van der Waals surface area contributed by atoms with Crippen molar-refractivity contribution in [3.8, 4) is 0 Å². The maximum absolute atomic E-state index is 11.9. The van der Waals surface area contributed by atoms with E-state index in [1.54, 1.807) is 12.3 Å². The minimum Gasteiger partial charge on any atom is -0.480 e. The summed E-state index contributed by atoms with van der Waals surface area (Å²) in [5.41, 5.74) is 1.26. The van der Waals surface area contributed by atoms with E-state index in [9.17, 15) is 9.59 Å². The summed E-state index contributed by atoms with van der Waals surface area (Å²) in [4.78, 5) is 26.8. The lowest BCUT2D eigenvalue weighted by molar-refractivity contribution is -0.139. The number of aryl methyl sites for hydroxylation is 1. The first-order valence-corrected chi connectivity index (χ1v) is 6.07. The number of pyridine rings is 1. The molecule has 0 aliphatic carbocycles. The van der Waals surface area contributed by atoms with Crippen molar-refractivity contribution >= 4 is 11.9 Å². The molecule has 0 aromatic carbocycles. The molecule has 1 amide bonds. The molecule has 5 nitrogen and oxygen atoms in total. The summed E-state index contributed by atoms with van der Waals surface area (Å²) in [6.07, 6.45) is 3.47. The number of hydrogen-bond donors (Lipinski definition) is 2. The van der Waals surface area contributed by atoms with Gasteiger partial charge in [0.2, 0.25) is 0 Å². The number of rotatable bonds is 6. The van der Waals surface area contributed by atoms with E-state index in [4.69, 9.17) is 5.11 Å². The first-order valence-electron chi connectivity index (χ1n) is 6.07. The third kappa shape index (κ3) is 3.84. The van der Waals surface area contributed by atoms with E-state index in [-0.39, 0.29) is 5.69 Å². The van der Waals surface area contributed by atoms with Crippen molar-refractivity contribution in [3.05, 3.63) is 29.6 Å². The molecular formula is C13H18N2O3. The summed E-state index contributed by atoms with van der Waals surface area (Å²) in [6.45, 7) is 3.85. The number of nitrogens with zero attached hydrogens (tertiary/aromatic N) is 1. The van der Waals surface area contributed by atoms with E-state index in [1.807, 2.05) is 19.9 Å². The Hall–Kier alpha value is -1.91. The van der Waals surface area contributed by atoms with Crippen molar-refractivity contribution in [2.45, 2.75) is 39.2 Å². The topological polar surface area (TPSA) is 79.3 Å². The van der Waals surface area contributed by atoms with Crippen LogP contribution in [-0.4, -0.2) is 28.0 Å². The summed E-state index contributed by atoms with van der Waals surface area (Å²) in [6, 6.07) is 2.66. The van der Waals surface area contributed by atoms with Crippen molar-refractivity contribution in [3.63, 3.8) is 0 Å². The largest absolute Gasteiger partial charge is 0.480 e. The lowest BCUT2D eigenvalue weighted by Crippen LogP contribution is -2.40. The van der Waals surface area contributed by atoms with Crippen molar-refractivity contribution in [1.82, 2.24) is 10.3 Å². The molecule has 0 aliphatic rings. The SMILES string of the molecule is CCCC(NC(=O)c1cc(CC)ccn1)C(=O)O. The van der Waals surface area contributed by atoms with Crippen LogP contribution < -0.4 is 5.32 Å². The van der Waals surface area contributed by atoms with Gasteiger partial charge in [0.05, 0.1) is 0 Å². The van der Waals surface area contributed by atoms with E-state index < -0.39 is 17.9 Å². The van der Waals surface area contributed by atoms with Gasteiger partial charge in [-0.2, -0.15) is 0 Å². The first-order chi connectivity index (χ1) is 8.58. The average Bonchev–Trinajstić information content (AvgIpc) is 2.38. The summed E-state index contributed by atoms with van der Waals surface area (Å²) in [7, 11) is 0. The molecule has 1 atom stereocenters. The third-order valence-electron chi connectivity index (χ3n) is 2.65. The number of amides is 1. The smallest absolute Gasteiger partial charge is 0.326 e. The maximum Gasteiger partial charge on any atom is 0.326 e. The second-order valence-electron chi connectivity index (χ2n) is 4.06. The predicted molar refractivity (Wildman–Crippen MR) is 67.4 cm³/mol. The van der Waals surface area contributed by atoms with E-state index in [1.165, 1.54) is 0 Å². The van der Waals surface area contributed by atoms with Gasteiger partial charge in [-0.05, 0) is 30.5 Å². The normalized spacial score (nSPS) is 11.9. The monoisotopic (exact) mass is 250 g/mol.